The Morgan fingerprint density at radius 3 is 2.85 bits per heavy atom. The second-order valence-corrected chi connectivity index (χ2v) is 4.90. The number of benzene rings is 1. The van der Waals surface area contributed by atoms with E-state index in [0.717, 1.165) is 17.1 Å². The van der Waals surface area contributed by atoms with Crippen molar-refractivity contribution in [2.24, 2.45) is 5.84 Å². The molecule has 1 aromatic heterocycles. The van der Waals surface area contributed by atoms with Crippen LogP contribution in [0.5, 0.6) is 5.75 Å². The maximum Gasteiger partial charge on any atom is 0.276 e. The summed E-state index contributed by atoms with van der Waals surface area (Å²) in [5, 5.41) is 15.4. The molecule has 0 amide bonds. The zero-order valence-corrected chi connectivity index (χ0v) is 11.7. The van der Waals surface area contributed by atoms with Gasteiger partial charge in [-0.25, -0.2) is 5.84 Å². The van der Waals surface area contributed by atoms with Gasteiger partial charge < -0.3 is 10.2 Å². The van der Waals surface area contributed by atoms with Gasteiger partial charge in [-0.05, 0) is 25.5 Å². The molecule has 1 aromatic carbocycles. The van der Waals surface area contributed by atoms with Crippen molar-refractivity contribution in [2.75, 3.05) is 5.43 Å². The Morgan fingerprint density at radius 2 is 2.20 bits per heavy atom. The first-order chi connectivity index (χ1) is 9.52. The molecule has 0 aliphatic carbocycles. The highest BCUT2D eigenvalue weighted by molar-refractivity contribution is 7.10. The second kappa shape index (κ2) is 5.80. The predicted molar refractivity (Wildman–Crippen MR) is 74.6 cm³/mol. The number of aromatic nitrogens is 2. The zero-order chi connectivity index (χ0) is 14.7. The fraction of sp³-hybridized carbons (Fsp3) is 0.273. The summed E-state index contributed by atoms with van der Waals surface area (Å²) in [5.41, 5.74) is 4.47. The maximum absolute atomic E-state index is 10.9. The lowest BCUT2D eigenvalue weighted by Gasteiger charge is -2.09. The number of nitrogen functional groups attached to an aromatic ring is 1. The zero-order valence-electron chi connectivity index (χ0n) is 10.9. The number of anilines is 1. The highest BCUT2D eigenvalue weighted by atomic mass is 32.1. The summed E-state index contributed by atoms with van der Waals surface area (Å²) >= 11 is 1.11. The summed E-state index contributed by atoms with van der Waals surface area (Å²) in [6.07, 6.45) is 0. The Balaban J connectivity index is 2.21. The van der Waals surface area contributed by atoms with Crippen LogP contribution in [0.4, 0.5) is 10.7 Å². The molecule has 0 aliphatic rings. The van der Waals surface area contributed by atoms with Gasteiger partial charge in [0.2, 0.25) is 0 Å². The van der Waals surface area contributed by atoms with Crippen LogP contribution in [-0.2, 0) is 6.61 Å². The molecule has 0 fully saturated rings. The van der Waals surface area contributed by atoms with Gasteiger partial charge in [-0.15, -0.1) is 5.10 Å². The summed E-state index contributed by atoms with van der Waals surface area (Å²) < 4.78 is 9.32. The van der Waals surface area contributed by atoms with Gasteiger partial charge in [0.15, 0.2) is 5.00 Å². The van der Waals surface area contributed by atoms with Crippen LogP contribution in [0.15, 0.2) is 12.1 Å². The van der Waals surface area contributed by atoms with E-state index < -0.39 is 4.92 Å². The molecule has 0 saturated carbocycles. The highest BCUT2D eigenvalue weighted by Crippen LogP contribution is 2.29. The van der Waals surface area contributed by atoms with Gasteiger partial charge in [-0.3, -0.25) is 10.1 Å². The van der Waals surface area contributed by atoms with Crippen molar-refractivity contribution < 1.29 is 9.66 Å². The third kappa shape index (κ3) is 2.83. The lowest BCUT2D eigenvalue weighted by atomic mass is 10.1. The summed E-state index contributed by atoms with van der Waals surface area (Å²) in [4.78, 5) is 10.5. The van der Waals surface area contributed by atoms with Gasteiger partial charge in [0.25, 0.3) is 5.69 Å². The number of hydrogen-bond acceptors (Lipinski definition) is 8. The van der Waals surface area contributed by atoms with Crippen LogP contribution in [0.1, 0.15) is 16.8 Å². The fourth-order valence-corrected chi connectivity index (χ4v) is 2.21. The number of rotatable bonds is 5. The third-order valence-corrected chi connectivity index (χ3v) is 3.44. The average molecular weight is 295 g/mol. The molecular weight excluding hydrogens is 282 g/mol. The normalized spacial score (nSPS) is 10.3. The fourth-order valence-electron chi connectivity index (χ4n) is 1.73. The quantitative estimate of drug-likeness (QED) is 0.491. The number of nitrogens with one attached hydrogen (secondary N) is 1. The summed E-state index contributed by atoms with van der Waals surface area (Å²) in [6, 6.07) is 3.13. The van der Waals surface area contributed by atoms with Crippen molar-refractivity contribution >= 4 is 22.2 Å². The van der Waals surface area contributed by atoms with Crippen LogP contribution < -0.4 is 16.0 Å². The number of aryl methyl sites for hydroxylation is 2. The standard InChI is InChI=1S/C11H13N5O3S/c1-6-3-7(2)10(4-9(6)16(17)18)19-5-8-11(13-12)20-15-14-8/h3-4,13H,5,12H2,1-2H3. The molecule has 2 aromatic rings. The first-order valence-electron chi connectivity index (χ1n) is 5.69. The number of nitro benzene ring substituents is 1. The van der Waals surface area contributed by atoms with Gasteiger partial charge in [0.1, 0.15) is 18.1 Å². The van der Waals surface area contributed by atoms with Crippen LogP contribution >= 0.6 is 11.5 Å². The molecule has 0 radical (unpaired) electrons. The molecule has 20 heavy (non-hydrogen) atoms. The van der Waals surface area contributed by atoms with Gasteiger partial charge >= 0.3 is 0 Å². The first-order valence-corrected chi connectivity index (χ1v) is 6.46. The molecule has 0 bridgehead atoms. The SMILES string of the molecule is Cc1cc(C)c([N+](=O)[O-])cc1OCc1nnsc1NN. The molecule has 0 aliphatic heterocycles. The Kier molecular flexibility index (Phi) is 4.11. The van der Waals surface area contributed by atoms with Crippen molar-refractivity contribution in [3.8, 4) is 5.75 Å². The Morgan fingerprint density at radius 1 is 1.45 bits per heavy atom. The van der Waals surface area contributed by atoms with E-state index in [1.54, 1.807) is 13.0 Å². The monoisotopic (exact) mass is 295 g/mol. The van der Waals surface area contributed by atoms with Gasteiger partial charge in [0.05, 0.1) is 11.0 Å². The van der Waals surface area contributed by atoms with E-state index in [4.69, 9.17) is 10.6 Å². The van der Waals surface area contributed by atoms with Gasteiger partial charge in [-0.1, -0.05) is 4.49 Å². The third-order valence-electron chi connectivity index (χ3n) is 2.74. The van der Waals surface area contributed by atoms with E-state index in [2.05, 4.69) is 15.0 Å². The minimum atomic E-state index is -0.432. The average Bonchev–Trinajstić information content (AvgIpc) is 2.84. The summed E-state index contributed by atoms with van der Waals surface area (Å²) in [5.74, 6) is 5.76. The number of nitro groups is 1. The van der Waals surface area contributed by atoms with E-state index >= 15 is 0 Å². The molecule has 2 rings (SSSR count). The Labute approximate surface area is 118 Å². The Hall–Kier alpha value is -2.26. The number of nitrogens with two attached hydrogens (primary N) is 1. The molecule has 0 atom stereocenters. The highest BCUT2D eigenvalue weighted by Gasteiger charge is 2.15. The molecule has 8 nitrogen and oxygen atoms in total. The van der Waals surface area contributed by atoms with Gasteiger partial charge in [-0.2, -0.15) is 0 Å². The lowest BCUT2D eigenvalue weighted by molar-refractivity contribution is -0.385. The molecule has 0 unspecified atom stereocenters. The Bertz CT molecular complexity index is 643. The number of hydrogen-bond donors (Lipinski definition) is 2. The largest absolute Gasteiger partial charge is 0.487 e. The number of nitrogens with zero attached hydrogens (tertiary/aromatic N) is 3. The van der Waals surface area contributed by atoms with Gasteiger partial charge in [0, 0.05) is 17.1 Å². The van der Waals surface area contributed by atoms with Crippen LogP contribution in [-0.4, -0.2) is 14.5 Å². The minimum Gasteiger partial charge on any atom is -0.487 e. The molecule has 0 saturated heterocycles. The molecule has 1 heterocycles. The van der Waals surface area contributed by atoms with E-state index in [-0.39, 0.29) is 12.3 Å². The number of hydrazine groups is 1. The van der Waals surface area contributed by atoms with Crippen molar-refractivity contribution in [3.05, 3.63) is 39.1 Å². The van der Waals surface area contributed by atoms with Crippen LogP contribution in [0.3, 0.4) is 0 Å². The van der Waals surface area contributed by atoms with E-state index in [0.29, 0.717) is 22.0 Å². The number of ether oxygens (including phenoxy) is 1. The topological polar surface area (TPSA) is 116 Å². The van der Waals surface area contributed by atoms with Crippen LogP contribution in [0.2, 0.25) is 0 Å². The minimum absolute atomic E-state index is 0.0270. The van der Waals surface area contributed by atoms with Crippen LogP contribution in [0.25, 0.3) is 0 Å². The van der Waals surface area contributed by atoms with E-state index in [1.807, 2.05) is 6.92 Å². The second-order valence-electron chi connectivity index (χ2n) is 4.14. The summed E-state index contributed by atoms with van der Waals surface area (Å²) in [7, 11) is 0. The van der Waals surface area contributed by atoms with Crippen molar-refractivity contribution in [1.29, 1.82) is 0 Å². The first kappa shape index (κ1) is 14.2. The molecule has 106 valence electrons. The smallest absolute Gasteiger partial charge is 0.276 e. The van der Waals surface area contributed by atoms with Crippen LogP contribution in [0, 0.1) is 24.0 Å². The lowest BCUT2D eigenvalue weighted by Crippen LogP contribution is -2.09. The van der Waals surface area contributed by atoms with Crippen molar-refractivity contribution in [1.82, 2.24) is 9.59 Å². The molecule has 0 spiro atoms. The summed E-state index contributed by atoms with van der Waals surface area (Å²) in [6.45, 7) is 3.65. The molecular formula is C11H13N5O3S. The van der Waals surface area contributed by atoms with E-state index in [9.17, 15) is 10.1 Å². The molecule has 3 N–H and O–H groups in total. The molecule has 9 heteroatoms. The van der Waals surface area contributed by atoms with Crippen molar-refractivity contribution in [2.45, 2.75) is 20.5 Å². The van der Waals surface area contributed by atoms with Crippen molar-refractivity contribution in [3.63, 3.8) is 0 Å². The predicted octanol–water partition coefficient (Wildman–Crippen LogP) is 1.93. The maximum atomic E-state index is 10.9. The van der Waals surface area contributed by atoms with E-state index in [1.165, 1.54) is 6.07 Å².